The Kier molecular flexibility index (Phi) is 3.69. The Hall–Kier alpha value is -1.49. The molecule has 1 aromatic carbocycles. The number of rotatable bonds is 5. The minimum atomic E-state index is -0.797. The van der Waals surface area contributed by atoms with E-state index in [9.17, 15) is 4.79 Å². The summed E-state index contributed by atoms with van der Waals surface area (Å²) >= 11 is 1.33. The number of thioether (sulfide) groups is 1. The molecule has 1 saturated carbocycles. The van der Waals surface area contributed by atoms with E-state index < -0.39 is 5.97 Å². The maximum Gasteiger partial charge on any atom is 0.313 e. The molecular formula is C16H20N2O2S. The molecule has 1 aliphatic rings. The molecule has 0 amide bonds. The van der Waals surface area contributed by atoms with Crippen molar-refractivity contribution in [3.8, 4) is 0 Å². The third-order valence-corrected chi connectivity index (χ3v) is 5.44. The van der Waals surface area contributed by atoms with Crippen LogP contribution in [0, 0.1) is 6.92 Å². The van der Waals surface area contributed by atoms with Gasteiger partial charge in [-0.3, -0.25) is 4.79 Å². The van der Waals surface area contributed by atoms with Crippen LogP contribution in [-0.4, -0.2) is 26.4 Å². The van der Waals surface area contributed by atoms with Crippen LogP contribution in [0.5, 0.6) is 0 Å². The lowest BCUT2D eigenvalue weighted by Gasteiger charge is -2.43. The van der Waals surface area contributed by atoms with E-state index in [0.717, 1.165) is 35.5 Å². The van der Waals surface area contributed by atoms with Gasteiger partial charge in [-0.2, -0.15) is 0 Å². The SMILES string of the molecule is CCC1(n2c(SCC(=O)O)nc3cc(C)ccc32)CCC1. The van der Waals surface area contributed by atoms with Crippen molar-refractivity contribution in [1.82, 2.24) is 9.55 Å². The van der Waals surface area contributed by atoms with Crippen molar-refractivity contribution in [2.75, 3.05) is 5.75 Å². The molecule has 5 heteroatoms. The zero-order valence-corrected chi connectivity index (χ0v) is 13.2. The molecule has 2 aromatic rings. The van der Waals surface area contributed by atoms with Crippen LogP contribution in [0.1, 0.15) is 38.2 Å². The number of aliphatic carboxylic acids is 1. The van der Waals surface area contributed by atoms with E-state index in [1.165, 1.54) is 23.7 Å². The fourth-order valence-electron chi connectivity index (χ4n) is 3.17. The van der Waals surface area contributed by atoms with Gasteiger partial charge in [0.05, 0.1) is 16.8 Å². The molecule has 21 heavy (non-hydrogen) atoms. The molecule has 1 N–H and O–H groups in total. The van der Waals surface area contributed by atoms with Crippen molar-refractivity contribution in [3.63, 3.8) is 0 Å². The maximum absolute atomic E-state index is 10.9. The molecule has 3 rings (SSSR count). The van der Waals surface area contributed by atoms with Crippen molar-refractivity contribution in [2.45, 2.75) is 50.2 Å². The molecule has 0 bridgehead atoms. The van der Waals surface area contributed by atoms with Gasteiger partial charge in [0, 0.05) is 5.54 Å². The van der Waals surface area contributed by atoms with Crippen molar-refractivity contribution in [2.24, 2.45) is 0 Å². The first-order chi connectivity index (χ1) is 10.1. The number of hydrogen-bond donors (Lipinski definition) is 1. The predicted octanol–water partition coefficient (Wildman–Crippen LogP) is 3.81. The van der Waals surface area contributed by atoms with Gasteiger partial charge in [0.1, 0.15) is 0 Å². The lowest BCUT2D eigenvalue weighted by atomic mass is 9.74. The summed E-state index contributed by atoms with van der Waals surface area (Å²) in [5, 5.41) is 9.80. The number of imidazole rings is 1. The van der Waals surface area contributed by atoms with Crippen LogP contribution in [0.15, 0.2) is 23.4 Å². The topological polar surface area (TPSA) is 55.1 Å². The number of carbonyl (C=O) groups is 1. The average molecular weight is 304 g/mol. The summed E-state index contributed by atoms with van der Waals surface area (Å²) in [5.74, 6) is -0.740. The first-order valence-electron chi connectivity index (χ1n) is 7.40. The Labute approximate surface area is 128 Å². The van der Waals surface area contributed by atoms with Crippen molar-refractivity contribution < 1.29 is 9.90 Å². The summed E-state index contributed by atoms with van der Waals surface area (Å²) in [6.07, 6.45) is 4.61. The molecular weight excluding hydrogens is 284 g/mol. The molecule has 0 aliphatic heterocycles. The molecule has 4 nitrogen and oxygen atoms in total. The van der Waals surface area contributed by atoms with E-state index in [1.54, 1.807) is 0 Å². The number of fused-ring (bicyclic) bond motifs is 1. The van der Waals surface area contributed by atoms with E-state index in [0.29, 0.717) is 0 Å². The molecule has 112 valence electrons. The van der Waals surface area contributed by atoms with Gasteiger partial charge in [0.25, 0.3) is 0 Å². The van der Waals surface area contributed by atoms with Gasteiger partial charge >= 0.3 is 5.97 Å². The summed E-state index contributed by atoms with van der Waals surface area (Å²) in [6.45, 7) is 4.27. The Morgan fingerprint density at radius 2 is 2.24 bits per heavy atom. The number of carboxylic acids is 1. The summed E-state index contributed by atoms with van der Waals surface area (Å²) in [5.41, 5.74) is 3.42. The minimum Gasteiger partial charge on any atom is -0.481 e. The van der Waals surface area contributed by atoms with Crippen LogP contribution >= 0.6 is 11.8 Å². The molecule has 0 saturated heterocycles. The van der Waals surface area contributed by atoms with Gasteiger partial charge < -0.3 is 9.67 Å². The van der Waals surface area contributed by atoms with Crippen LogP contribution in [-0.2, 0) is 10.3 Å². The van der Waals surface area contributed by atoms with Gasteiger partial charge in [-0.1, -0.05) is 24.8 Å². The second-order valence-electron chi connectivity index (χ2n) is 5.84. The lowest BCUT2D eigenvalue weighted by Crippen LogP contribution is -2.40. The number of hydrogen-bond acceptors (Lipinski definition) is 3. The Bertz CT molecular complexity index is 683. The monoisotopic (exact) mass is 304 g/mol. The molecule has 1 aromatic heterocycles. The quantitative estimate of drug-likeness (QED) is 0.853. The highest BCUT2D eigenvalue weighted by atomic mass is 32.2. The highest BCUT2D eigenvalue weighted by Gasteiger charge is 2.39. The molecule has 1 heterocycles. The summed E-state index contributed by atoms with van der Waals surface area (Å²) in [7, 11) is 0. The molecule has 1 aliphatic carbocycles. The Balaban J connectivity index is 2.13. The second-order valence-corrected chi connectivity index (χ2v) is 6.78. The van der Waals surface area contributed by atoms with Crippen LogP contribution < -0.4 is 0 Å². The maximum atomic E-state index is 10.9. The number of nitrogens with zero attached hydrogens (tertiary/aromatic N) is 2. The fourth-order valence-corrected chi connectivity index (χ4v) is 4.01. The standard InChI is InChI=1S/C16H20N2O2S/c1-3-16(7-4-8-16)18-13-6-5-11(2)9-12(13)17-15(18)21-10-14(19)20/h5-6,9H,3-4,7-8,10H2,1-2H3,(H,19,20). The van der Waals surface area contributed by atoms with Crippen LogP contribution in [0.25, 0.3) is 11.0 Å². The number of benzene rings is 1. The van der Waals surface area contributed by atoms with E-state index in [4.69, 9.17) is 10.1 Å². The molecule has 1 fully saturated rings. The number of aryl methyl sites for hydroxylation is 1. The third kappa shape index (κ3) is 2.44. The highest BCUT2D eigenvalue weighted by Crippen LogP contribution is 2.46. The van der Waals surface area contributed by atoms with Crippen LogP contribution in [0.2, 0.25) is 0 Å². The Morgan fingerprint density at radius 3 is 2.81 bits per heavy atom. The van der Waals surface area contributed by atoms with E-state index in [-0.39, 0.29) is 11.3 Å². The first kappa shape index (κ1) is 14.4. The molecule has 0 spiro atoms. The van der Waals surface area contributed by atoms with E-state index >= 15 is 0 Å². The highest BCUT2D eigenvalue weighted by molar-refractivity contribution is 7.99. The summed E-state index contributed by atoms with van der Waals surface area (Å²) in [6, 6.07) is 6.31. The van der Waals surface area contributed by atoms with Gasteiger partial charge in [0.2, 0.25) is 0 Å². The predicted molar refractivity (Wildman–Crippen MR) is 84.9 cm³/mol. The zero-order chi connectivity index (χ0) is 15.0. The van der Waals surface area contributed by atoms with Gasteiger partial charge in [-0.05, 0) is 50.3 Å². The van der Waals surface area contributed by atoms with Crippen LogP contribution in [0.3, 0.4) is 0 Å². The average Bonchev–Trinajstić information content (AvgIpc) is 2.74. The minimum absolute atomic E-state index is 0.0576. The van der Waals surface area contributed by atoms with E-state index in [1.807, 2.05) is 0 Å². The first-order valence-corrected chi connectivity index (χ1v) is 8.38. The van der Waals surface area contributed by atoms with Crippen molar-refractivity contribution in [3.05, 3.63) is 23.8 Å². The summed E-state index contributed by atoms with van der Waals surface area (Å²) < 4.78 is 2.30. The zero-order valence-electron chi connectivity index (χ0n) is 12.4. The third-order valence-electron chi connectivity index (χ3n) is 4.52. The summed E-state index contributed by atoms with van der Waals surface area (Å²) in [4.78, 5) is 15.6. The molecule has 0 unspecified atom stereocenters. The number of carboxylic acid groups (broad SMARTS) is 1. The van der Waals surface area contributed by atoms with Crippen molar-refractivity contribution in [1.29, 1.82) is 0 Å². The van der Waals surface area contributed by atoms with Gasteiger partial charge in [-0.25, -0.2) is 4.98 Å². The smallest absolute Gasteiger partial charge is 0.313 e. The Morgan fingerprint density at radius 1 is 1.48 bits per heavy atom. The number of aromatic nitrogens is 2. The lowest BCUT2D eigenvalue weighted by molar-refractivity contribution is -0.133. The largest absolute Gasteiger partial charge is 0.481 e. The molecule has 0 atom stereocenters. The molecule has 0 radical (unpaired) electrons. The van der Waals surface area contributed by atoms with Gasteiger partial charge in [0.15, 0.2) is 5.16 Å². The van der Waals surface area contributed by atoms with Crippen LogP contribution in [0.4, 0.5) is 0 Å². The second kappa shape index (κ2) is 5.37. The normalized spacial score (nSPS) is 16.9. The van der Waals surface area contributed by atoms with Gasteiger partial charge in [-0.15, -0.1) is 0 Å². The van der Waals surface area contributed by atoms with Crippen molar-refractivity contribution >= 4 is 28.8 Å². The van der Waals surface area contributed by atoms with E-state index in [2.05, 4.69) is 36.6 Å². The fraction of sp³-hybridized carbons (Fsp3) is 0.500.